The van der Waals surface area contributed by atoms with Crippen LogP contribution in [-0.2, 0) is 0 Å². The topological polar surface area (TPSA) is 55.7 Å². The summed E-state index contributed by atoms with van der Waals surface area (Å²) in [6.07, 6.45) is 2.40. The summed E-state index contributed by atoms with van der Waals surface area (Å²) < 4.78 is 0. The molecule has 6 nitrogen and oxygen atoms in total. The highest BCUT2D eigenvalue weighted by molar-refractivity contribution is 6.31. The maximum Gasteiger partial charge on any atom is 0.175 e. The van der Waals surface area contributed by atoms with Gasteiger partial charge in [0.2, 0.25) is 0 Å². The van der Waals surface area contributed by atoms with Gasteiger partial charge in [-0.1, -0.05) is 11.6 Å². The Labute approximate surface area is 165 Å². The Bertz CT molecular complexity index is 835. The summed E-state index contributed by atoms with van der Waals surface area (Å²) in [5, 5.41) is 20.0. The molecule has 0 radical (unpaired) electrons. The smallest absolute Gasteiger partial charge is 0.175 e. The van der Waals surface area contributed by atoms with Gasteiger partial charge in [0.15, 0.2) is 5.82 Å². The first kappa shape index (κ1) is 18.3. The minimum absolute atomic E-state index is 0.137. The van der Waals surface area contributed by atoms with E-state index in [2.05, 4.69) is 39.0 Å². The van der Waals surface area contributed by atoms with Crippen LogP contribution in [0.4, 0.5) is 11.5 Å². The Morgan fingerprint density at radius 2 is 1.93 bits per heavy atom. The molecule has 1 unspecified atom stereocenters. The number of hydrogen-bond donors (Lipinski definition) is 1. The zero-order valence-electron chi connectivity index (χ0n) is 16.1. The van der Waals surface area contributed by atoms with Crippen molar-refractivity contribution in [3.05, 3.63) is 28.8 Å². The lowest BCUT2D eigenvalue weighted by molar-refractivity contribution is 0.243. The van der Waals surface area contributed by atoms with Gasteiger partial charge in [-0.2, -0.15) is 0 Å². The number of aromatic hydroxyl groups is 1. The fourth-order valence-electron chi connectivity index (χ4n) is 4.27. The monoisotopic (exact) mass is 387 g/mol. The van der Waals surface area contributed by atoms with Crippen molar-refractivity contribution in [2.75, 3.05) is 50.1 Å². The maximum atomic E-state index is 10.4. The first-order valence-electron chi connectivity index (χ1n) is 9.47. The fraction of sp³-hybridized carbons (Fsp3) is 0.500. The van der Waals surface area contributed by atoms with E-state index in [0.717, 1.165) is 43.2 Å². The molecular weight excluding hydrogens is 362 g/mol. The van der Waals surface area contributed by atoms with E-state index >= 15 is 0 Å². The Hall–Kier alpha value is -2.05. The number of likely N-dealkylation sites (N-methyl/N-ethyl adjacent to an activating group) is 2. The van der Waals surface area contributed by atoms with E-state index in [9.17, 15) is 5.11 Å². The molecule has 144 valence electrons. The number of fused-ring (bicyclic) bond motifs is 1. The minimum Gasteiger partial charge on any atom is -0.507 e. The summed E-state index contributed by atoms with van der Waals surface area (Å²) in [5.41, 5.74) is 3.32. The van der Waals surface area contributed by atoms with Gasteiger partial charge in [-0.05, 0) is 57.1 Å². The van der Waals surface area contributed by atoms with Crippen molar-refractivity contribution in [3.63, 3.8) is 0 Å². The third-order valence-corrected chi connectivity index (χ3v) is 5.91. The molecule has 0 amide bonds. The normalized spacial score (nSPS) is 20.7. The summed E-state index contributed by atoms with van der Waals surface area (Å²) >= 11 is 6.05. The lowest BCUT2D eigenvalue weighted by atomic mass is 10.0. The average Bonchev–Trinajstić information content (AvgIpc) is 2.61. The molecule has 4 rings (SSSR count). The maximum absolute atomic E-state index is 10.4. The largest absolute Gasteiger partial charge is 0.507 e. The quantitative estimate of drug-likeness (QED) is 0.854. The van der Waals surface area contributed by atoms with Gasteiger partial charge in [-0.25, -0.2) is 0 Å². The van der Waals surface area contributed by atoms with Crippen LogP contribution >= 0.6 is 11.6 Å². The number of piperidine rings is 1. The van der Waals surface area contributed by atoms with Gasteiger partial charge in [0.05, 0.1) is 11.4 Å². The lowest BCUT2D eigenvalue weighted by Crippen LogP contribution is -2.51. The number of rotatable bonds is 2. The second-order valence-corrected chi connectivity index (χ2v) is 8.16. The molecule has 0 bridgehead atoms. The Kier molecular flexibility index (Phi) is 4.86. The molecule has 2 aliphatic heterocycles. The van der Waals surface area contributed by atoms with E-state index in [1.54, 1.807) is 6.07 Å². The molecule has 0 saturated carbocycles. The summed E-state index contributed by atoms with van der Waals surface area (Å²) in [6, 6.07) is 5.91. The number of anilines is 2. The molecule has 1 aromatic carbocycles. The van der Waals surface area contributed by atoms with Crippen LogP contribution in [0.25, 0.3) is 11.3 Å². The third-order valence-electron chi connectivity index (χ3n) is 5.69. The predicted molar refractivity (Wildman–Crippen MR) is 110 cm³/mol. The minimum atomic E-state index is 0.137. The standard InChI is InChI=1S/C20H26ClN5O/c1-13-9-14(21)10-18(27)19(13)16-11-17-20(23-22-16)26(8-7-25(17)3)15-5-4-6-24(2)12-15/h9-11,15,27H,4-8,12H2,1-3H3. The van der Waals surface area contributed by atoms with Crippen LogP contribution in [0.3, 0.4) is 0 Å². The molecule has 7 heteroatoms. The summed E-state index contributed by atoms with van der Waals surface area (Å²) in [4.78, 5) is 7.03. The molecule has 2 aliphatic rings. The van der Waals surface area contributed by atoms with E-state index in [0.29, 0.717) is 22.3 Å². The molecular formula is C20H26ClN5O. The second kappa shape index (κ2) is 7.17. The van der Waals surface area contributed by atoms with Crippen molar-refractivity contribution in [1.29, 1.82) is 0 Å². The number of benzene rings is 1. The SMILES string of the molecule is Cc1cc(Cl)cc(O)c1-c1cc2c(nn1)N(C1CCCN(C)C1)CCN2C. The number of aryl methyl sites for hydroxylation is 1. The molecule has 0 spiro atoms. The van der Waals surface area contributed by atoms with E-state index < -0.39 is 0 Å². The Morgan fingerprint density at radius 1 is 1.11 bits per heavy atom. The van der Waals surface area contributed by atoms with E-state index in [-0.39, 0.29) is 5.75 Å². The molecule has 1 aromatic heterocycles. The van der Waals surface area contributed by atoms with E-state index in [1.165, 1.54) is 12.8 Å². The molecule has 1 atom stereocenters. The first-order valence-corrected chi connectivity index (χ1v) is 9.85. The van der Waals surface area contributed by atoms with E-state index in [1.807, 2.05) is 19.1 Å². The lowest BCUT2D eigenvalue weighted by Gasteiger charge is -2.43. The number of phenolic OH excluding ortho intramolecular Hbond substituents is 1. The van der Waals surface area contributed by atoms with Crippen molar-refractivity contribution in [3.8, 4) is 17.0 Å². The van der Waals surface area contributed by atoms with Crippen LogP contribution in [0.5, 0.6) is 5.75 Å². The number of aromatic nitrogens is 2. The molecule has 1 N–H and O–H groups in total. The number of nitrogens with zero attached hydrogens (tertiary/aromatic N) is 5. The molecule has 0 aliphatic carbocycles. The first-order chi connectivity index (χ1) is 12.9. The van der Waals surface area contributed by atoms with E-state index in [4.69, 9.17) is 11.6 Å². The van der Waals surface area contributed by atoms with Gasteiger partial charge in [0, 0.05) is 43.3 Å². The van der Waals surface area contributed by atoms with Crippen LogP contribution in [0, 0.1) is 6.92 Å². The van der Waals surface area contributed by atoms with Crippen LogP contribution in [0.15, 0.2) is 18.2 Å². The summed E-state index contributed by atoms with van der Waals surface area (Å²) in [5.74, 6) is 1.08. The van der Waals surface area contributed by atoms with Crippen molar-refractivity contribution < 1.29 is 5.11 Å². The second-order valence-electron chi connectivity index (χ2n) is 7.73. The molecule has 1 saturated heterocycles. The third kappa shape index (κ3) is 3.44. The zero-order chi connectivity index (χ0) is 19.1. The highest BCUT2D eigenvalue weighted by Gasteiger charge is 2.31. The molecule has 2 aromatic rings. The zero-order valence-corrected chi connectivity index (χ0v) is 16.9. The highest BCUT2D eigenvalue weighted by atomic mass is 35.5. The van der Waals surface area contributed by atoms with Crippen molar-refractivity contribution in [2.24, 2.45) is 0 Å². The predicted octanol–water partition coefficient (Wildman–Crippen LogP) is 3.16. The molecule has 1 fully saturated rings. The summed E-state index contributed by atoms with van der Waals surface area (Å²) in [6.45, 7) is 6.06. The van der Waals surface area contributed by atoms with Crippen LogP contribution in [0.1, 0.15) is 18.4 Å². The van der Waals surface area contributed by atoms with Crippen LogP contribution < -0.4 is 9.80 Å². The van der Waals surface area contributed by atoms with Gasteiger partial charge in [0.1, 0.15) is 5.75 Å². The van der Waals surface area contributed by atoms with Crippen molar-refractivity contribution >= 4 is 23.1 Å². The Balaban J connectivity index is 1.73. The fourth-order valence-corrected chi connectivity index (χ4v) is 4.54. The van der Waals surface area contributed by atoms with Gasteiger partial charge in [0.25, 0.3) is 0 Å². The van der Waals surface area contributed by atoms with Crippen molar-refractivity contribution in [2.45, 2.75) is 25.8 Å². The van der Waals surface area contributed by atoms with Crippen molar-refractivity contribution in [1.82, 2.24) is 15.1 Å². The summed E-state index contributed by atoms with van der Waals surface area (Å²) in [7, 11) is 4.27. The highest BCUT2D eigenvalue weighted by Crippen LogP contribution is 2.39. The number of phenols is 1. The van der Waals surface area contributed by atoms with Gasteiger partial charge in [-0.3, -0.25) is 0 Å². The molecule has 3 heterocycles. The average molecular weight is 388 g/mol. The molecule has 27 heavy (non-hydrogen) atoms. The number of halogens is 1. The van der Waals surface area contributed by atoms with Crippen LogP contribution in [0.2, 0.25) is 5.02 Å². The van der Waals surface area contributed by atoms with Crippen LogP contribution in [-0.4, -0.2) is 66.5 Å². The van der Waals surface area contributed by atoms with Gasteiger partial charge < -0.3 is 19.8 Å². The van der Waals surface area contributed by atoms with Gasteiger partial charge in [-0.15, -0.1) is 10.2 Å². The van der Waals surface area contributed by atoms with Gasteiger partial charge >= 0.3 is 0 Å². The number of hydrogen-bond acceptors (Lipinski definition) is 6. The number of likely N-dealkylation sites (tertiary alicyclic amines) is 1. The Morgan fingerprint density at radius 3 is 2.67 bits per heavy atom.